The van der Waals surface area contributed by atoms with Crippen molar-refractivity contribution >= 4 is 32.7 Å². The van der Waals surface area contributed by atoms with E-state index in [1.165, 1.54) is 23.9 Å². The van der Waals surface area contributed by atoms with Gasteiger partial charge in [0.2, 0.25) is 21.8 Å². The maximum atomic E-state index is 13.0. The van der Waals surface area contributed by atoms with Gasteiger partial charge in [-0.15, -0.1) is 0 Å². The minimum Gasteiger partial charge on any atom is -0.474 e. The van der Waals surface area contributed by atoms with Crippen LogP contribution in [-0.4, -0.2) is 41.1 Å². The summed E-state index contributed by atoms with van der Waals surface area (Å²) in [5.41, 5.74) is 0.912. The molecule has 2 amide bonds. The molecule has 186 valence electrons. The smallest absolute Gasteiger partial charge is 0.263 e. The van der Waals surface area contributed by atoms with Crippen molar-refractivity contribution in [2.24, 2.45) is 7.05 Å². The van der Waals surface area contributed by atoms with Gasteiger partial charge < -0.3 is 14.6 Å². The molecular formula is C24H23N5O6S. The number of rotatable bonds is 8. The number of fused-ring (bicyclic) bond motifs is 1. The lowest BCUT2D eigenvalue weighted by Gasteiger charge is -2.18. The molecule has 1 aromatic carbocycles. The van der Waals surface area contributed by atoms with Gasteiger partial charge >= 0.3 is 0 Å². The number of aromatic nitrogens is 2. The van der Waals surface area contributed by atoms with Gasteiger partial charge in [0, 0.05) is 32.1 Å². The number of amides is 2. The molecule has 36 heavy (non-hydrogen) atoms. The van der Waals surface area contributed by atoms with Gasteiger partial charge in [-0.05, 0) is 42.7 Å². The third-order valence-corrected chi connectivity index (χ3v) is 8.22. The van der Waals surface area contributed by atoms with E-state index in [2.05, 4.69) is 10.3 Å². The van der Waals surface area contributed by atoms with Gasteiger partial charge in [-0.1, -0.05) is 12.1 Å². The molecule has 11 nitrogen and oxygen atoms in total. The normalized spacial score (nSPS) is 14.0. The predicted octanol–water partition coefficient (Wildman–Crippen LogP) is 1.11. The molecule has 0 saturated heterocycles. The predicted molar refractivity (Wildman–Crippen MR) is 130 cm³/mol. The second kappa shape index (κ2) is 9.43. The average molecular weight is 510 g/mol. The zero-order chi connectivity index (χ0) is 26.1. The van der Waals surface area contributed by atoms with Crippen molar-refractivity contribution < 1.29 is 22.7 Å². The molecule has 12 heteroatoms. The van der Waals surface area contributed by atoms with E-state index in [-0.39, 0.29) is 24.6 Å². The van der Waals surface area contributed by atoms with Crippen LogP contribution in [0.3, 0.4) is 0 Å². The highest BCUT2D eigenvalue weighted by Gasteiger charge is 2.56. The molecule has 4 rings (SSSR count). The summed E-state index contributed by atoms with van der Waals surface area (Å²) in [6, 6.07) is 11.8. The van der Waals surface area contributed by atoms with Crippen LogP contribution in [0.2, 0.25) is 0 Å². The molecule has 1 aliphatic carbocycles. The van der Waals surface area contributed by atoms with Gasteiger partial charge in [0.1, 0.15) is 22.4 Å². The summed E-state index contributed by atoms with van der Waals surface area (Å²) in [5, 5.41) is 12.1. The Morgan fingerprint density at radius 2 is 1.92 bits per heavy atom. The Bertz CT molecular complexity index is 1570. The number of aryl methyl sites for hydroxylation is 1. The minimum atomic E-state index is -3.93. The van der Waals surface area contributed by atoms with Crippen LogP contribution in [0.1, 0.15) is 41.3 Å². The molecule has 2 heterocycles. The molecule has 1 fully saturated rings. The van der Waals surface area contributed by atoms with Crippen molar-refractivity contribution in [1.29, 1.82) is 5.26 Å². The number of benzene rings is 1. The fourth-order valence-corrected chi connectivity index (χ4v) is 5.22. The Hall–Kier alpha value is -4.24. The molecule has 2 aromatic heterocycles. The Labute approximate surface area is 206 Å². The summed E-state index contributed by atoms with van der Waals surface area (Å²) in [6.45, 7) is 1.04. The molecule has 0 atom stereocenters. The molecule has 0 unspecified atom stereocenters. The largest absolute Gasteiger partial charge is 0.474 e. The summed E-state index contributed by atoms with van der Waals surface area (Å²) in [5.74, 6) is -1.21. The van der Waals surface area contributed by atoms with Crippen molar-refractivity contribution in [3.63, 3.8) is 0 Å². The van der Waals surface area contributed by atoms with Gasteiger partial charge in [0.05, 0.1) is 11.6 Å². The van der Waals surface area contributed by atoms with E-state index in [9.17, 15) is 22.8 Å². The Kier molecular flexibility index (Phi) is 6.51. The number of nitriles is 1. The minimum absolute atomic E-state index is 0.0425. The lowest BCUT2D eigenvalue weighted by atomic mass is 10.1. The van der Waals surface area contributed by atoms with Gasteiger partial charge in [-0.2, -0.15) is 5.26 Å². The summed E-state index contributed by atoms with van der Waals surface area (Å²) in [4.78, 5) is 41.2. The number of nitrogens with one attached hydrogen (secondary N) is 2. The van der Waals surface area contributed by atoms with Crippen LogP contribution < -0.4 is 20.3 Å². The molecular weight excluding hydrogens is 486 g/mol. The zero-order valence-electron chi connectivity index (χ0n) is 19.6. The monoisotopic (exact) mass is 509 g/mol. The Balaban J connectivity index is 1.56. The van der Waals surface area contributed by atoms with Gasteiger partial charge in [0.15, 0.2) is 0 Å². The van der Waals surface area contributed by atoms with E-state index in [4.69, 9.17) is 10.00 Å². The first-order valence-electron chi connectivity index (χ1n) is 11.0. The average Bonchev–Trinajstić information content (AvgIpc) is 3.65. The molecule has 3 aromatic rings. The second-order valence-electron chi connectivity index (χ2n) is 8.60. The number of hydrogen-bond acceptors (Lipinski definition) is 8. The van der Waals surface area contributed by atoms with Crippen molar-refractivity contribution in [2.75, 3.05) is 6.61 Å². The topological polar surface area (TPSA) is 160 Å². The van der Waals surface area contributed by atoms with Crippen LogP contribution in [0.15, 0.2) is 47.4 Å². The maximum Gasteiger partial charge on any atom is 0.263 e. The standard InChI is InChI=1S/C24H23N5O6S/c1-15(30)28-36(33,34)24(8-9-24)14-35-22-20-18(7-10-26-22)11-19(23(32)29(20)2)21(31)27-13-17-5-3-16(12-25)4-6-17/h3-7,10-11H,8-9,13-14H2,1-2H3,(H,27,31)(H,28,30). The quantitative estimate of drug-likeness (QED) is 0.457. The van der Waals surface area contributed by atoms with E-state index < -0.39 is 32.1 Å². The first-order chi connectivity index (χ1) is 17.1. The lowest BCUT2D eigenvalue weighted by Crippen LogP contribution is -2.42. The van der Waals surface area contributed by atoms with E-state index in [0.717, 1.165) is 12.5 Å². The van der Waals surface area contributed by atoms with E-state index in [0.29, 0.717) is 29.3 Å². The third kappa shape index (κ3) is 4.78. The van der Waals surface area contributed by atoms with Crippen LogP contribution in [0.25, 0.3) is 10.9 Å². The van der Waals surface area contributed by atoms with E-state index >= 15 is 0 Å². The van der Waals surface area contributed by atoms with E-state index in [1.807, 2.05) is 10.8 Å². The van der Waals surface area contributed by atoms with Crippen LogP contribution in [0.5, 0.6) is 5.88 Å². The van der Waals surface area contributed by atoms with Crippen LogP contribution in [0.4, 0.5) is 0 Å². The highest BCUT2D eigenvalue weighted by molar-refractivity contribution is 7.91. The fraction of sp³-hybridized carbons (Fsp3) is 0.292. The fourth-order valence-electron chi connectivity index (χ4n) is 3.77. The second-order valence-corrected chi connectivity index (χ2v) is 10.7. The first-order valence-corrected chi connectivity index (χ1v) is 12.5. The lowest BCUT2D eigenvalue weighted by molar-refractivity contribution is -0.117. The van der Waals surface area contributed by atoms with Crippen molar-refractivity contribution in [3.05, 3.63) is 69.6 Å². The Morgan fingerprint density at radius 1 is 1.22 bits per heavy atom. The number of carbonyl (C=O) groups is 2. The SMILES string of the molecule is CC(=O)NS(=O)(=O)C1(COc2nccc3cc(C(=O)NCc4ccc(C#N)cc4)c(=O)n(C)c23)CC1. The molecule has 0 spiro atoms. The maximum absolute atomic E-state index is 13.0. The van der Waals surface area contributed by atoms with Crippen LogP contribution >= 0.6 is 0 Å². The Morgan fingerprint density at radius 3 is 2.53 bits per heavy atom. The first kappa shape index (κ1) is 24.9. The number of nitrogens with zero attached hydrogens (tertiary/aromatic N) is 3. The highest BCUT2D eigenvalue weighted by atomic mass is 32.2. The van der Waals surface area contributed by atoms with Crippen molar-refractivity contribution in [2.45, 2.75) is 31.1 Å². The van der Waals surface area contributed by atoms with Gasteiger partial charge in [0.25, 0.3) is 11.5 Å². The molecule has 0 aliphatic heterocycles. The highest BCUT2D eigenvalue weighted by Crippen LogP contribution is 2.43. The number of ether oxygens (including phenoxy) is 1. The van der Waals surface area contributed by atoms with Crippen LogP contribution in [-0.2, 0) is 28.4 Å². The van der Waals surface area contributed by atoms with Gasteiger partial charge in [-0.25, -0.2) is 13.4 Å². The number of pyridine rings is 2. The molecule has 0 bridgehead atoms. The molecule has 2 N–H and O–H groups in total. The molecule has 0 radical (unpaired) electrons. The summed E-state index contributed by atoms with van der Waals surface area (Å²) < 4.78 is 32.7. The third-order valence-electron chi connectivity index (χ3n) is 6.00. The van der Waals surface area contributed by atoms with Gasteiger partial charge in [-0.3, -0.25) is 19.1 Å². The van der Waals surface area contributed by atoms with Crippen LogP contribution in [0, 0.1) is 11.3 Å². The number of hydrogen-bond donors (Lipinski definition) is 2. The summed E-state index contributed by atoms with van der Waals surface area (Å²) in [6.07, 6.45) is 2.08. The number of sulfonamides is 1. The molecule has 1 aliphatic rings. The molecule has 1 saturated carbocycles. The van der Waals surface area contributed by atoms with E-state index in [1.54, 1.807) is 30.3 Å². The summed E-state index contributed by atoms with van der Waals surface area (Å²) in [7, 11) is -2.46. The summed E-state index contributed by atoms with van der Waals surface area (Å²) >= 11 is 0. The zero-order valence-corrected chi connectivity index (χ0v) is 20.4. The van der Waals surface area contributed by atoms with Crippen molar-refractivity contribution in [1.82, 2.24) is 19.6 Å². The number of carbonyl (C=O) groups excluding carboxylic acids is 2. The van der Waals surface area contributed by atoms with Crippen molar-refractivity contribution in [3.8, 4) is 11.9 Å².